The van der Waals surface area contributed by atoms with Crippen molar-refractivity contribution < 1.29 is 14.3 Å². The molecule has 0 saturated carbocycles. The first-order chi connectivity index (χ1) is 8.72. The Kier molecular flexibility index (Phi) is 6.42. The first kappa shape index (κ1) is 14.7. The molecule has 0 radical (unpaired) electrons. The number of hydrogen-bond donors (Lipinski definition) is 3. The molecule has 0 bridgehead atoms. The Morgan fingerprint density at radius 3 is 2.94 bits per heavy atom. The molecule has 1 amide bonds. The van der Waals surface area contributed by atoms with Crippen molar-refractivity contribution in [3.05, 3.63) is 23.7 Å². The number of rotatable bonds is 8. The number of unbranched alkanes of at least 4 members (excludes halogenated alkanes) is 1. The summed E-state index contributed by atoms with van der Waals surface area (Å²) >= 11 is 0. The smallest absolute Gasteiger partial charge is 0.268 e. The summed E-state index contributed by atoms with van der Waals surface area (Å²) in [6.45, 7) is 4.11. The van der Waals surface area contributed by atoms with E-state index in [0.717, 1.165) is 19.4 Å². The monoisotopic (exact) mass is 255 g/mol. The van der Waals surface area contributed by atoms with Crippen LogP contribution in [0.4, 0.5) is 0 Å². The molecule has 1 aromatic rings. The third kappa shape index (κ3) is 4.14. The predicted molar refractivity (Wildman–Crippen MR) is 67.6 cm³/mol. The van der Waals surface area contributed by atoms with Gasteiger partial charge in [-0.15, -0.1) is 0 Å². The van der Waals surface area contributed by atoms with Gasteiger partial charge in [-0.05, 0) is 19.0 Å². The molecular weight excluding hydrogens is 234 g/mol. The third-order valence-electron chi connectivity index (χ3n) is 2.73. The average Bonchev–Trinajstić information content (AvgIpc) is 2.83. The normalized spacial score (nSPS) is 10.9. The van der Waals surface area contributed by atoms with Gasteiger partial charge in [0.2, 0.25) is 0 Å². The SMILES string of the molecule is CCCCN(CCO)Cc1occc1C(=O)NN. The maximum atomic E-state index is 11.5. The number of nitrogen functional groups attached to an aromatic ring is 1. The lowest BCUT2D eigenvalue weighted by Crippen LogP contribution is -2.32. The number of carbonyl (C=O) groups is 1. The Hall–Kier alpha value is -1.37. The number of nitrogens with zero attached hydrogens (tertiary/aromatic N) is 1. The molecular formula is C12H21N3O3. The Labute approximate surface area is 107 Å². The molecule has 0 atom stereocenters. The van der Waals surface area contributed by atoms with Crippen molar-refractivity contribution in [3.8, 4) is 0 Å². The summed E-state index contributed by atoms with van der Waals surface area (Å²) in [6.07, 6.45) is 3.59. The van der Waals surface area contributed by atoms with Crippen LogP contribution in [-0.4, -0.2) is 35.6 Å². The molecule has 0 saturated heterocycles. The van der Waals surface area contributed by atoms with Gasteiger partial charge in [-0.25, -0.2) is 5.84 Å². The summed E-state index contributed by atoms with van der Waals surface area (Å²) < 4.78 is 5.30. The summed E-state index contributed by atoms with van der Waals surface area (Å²) in [5.41, 5.74) is 2.53. The number of hydrogen-bond acceptors (Lipinski definition) is 5. The molecule has 6 heteroatoms. The first-order valence-electron chi connectivity index (χ1n) is 6.13. The maximum absolute atomic E-state index is 11.5. The Morgan fingerprint density at radius 2 is 2.33 bits per heavy atom. The third-order valence-corrected chi connectivity index (χ3v) is 2.73. The molecule has 0 aromatic carbocycles. The van der Waals surface area contributed by atoms with Crippen LogP contribution in [0.5, 0.6) is 0 Å². The minimum atomic E-state index is -0.363. The van der Waals surface area contributed by atoms with E-state index in [9.17, 15) is 4.79 Å². The van der Waals surface area contributed by atoms with Crippen LogP contribution >= 0.6 is 0 Å². The van der Waals surface area contributed by atoms with Crippen molar-refractivity contribution in [3.63, 3.8) is 0 Å². The van der Waals surface area contributed by atoms with E-state index >= 15 is 0 Å². The molecule has 0 aliphatic carbocycles. The van der Waals surface area contributed by atoms with Crippen LogP contribution < -0.4 is 11.3 Å². The fourth-order valence-corrected chi connectivity index (χ4v) is 1.74. The summed E-state index contributed by atoms with van der Waals surface area (Å²) in [7, 11) is 0. The topological polar surface area (TPSA) is 91.7 Å². The second kappa shape index (κ2) is 7.86. The van der Waals surface area contributed by atoms with Crippen molar-refractivity contribution in [1.29, 1.82) is 0 Å². The molecule has 1 heterocycles. The summed E-state index contributed by atoms with van der Waals surface area (Å²) in [5, 5.41) is 9.02. The van der Waals surface area contributed by atoms with Crippen LogP contribution in [0.1, 0.15) is 35.9 Å². The number of aliphatic hydroxyl groups excluding tert-OH is 1. The van der Waals surface area contributed by atoms with Crippen LogP contribution in [0.3, 0.4) is 0 Å². The van der Waals surface area contributed by atoms with Gasteiger partial charge in [0, 0.05) is 6.54 Å². The van der Waals surface area contributed by atoms with Crippen LogP contribution in [0, 0.1) is 0 Å². The largest absolute Gasteiger partial charge is 0.467 e. The van der Waals surface area contributed by atoms with E-state index in [1.54, 1.807) is 6.07 Å². The molecule has 1 rings (SSSR count). The average molecular weight is 255 g/mol. The molecule has 0 aliphatic heterocycles. The molecule has 0 fully saturated rings. The molecule has 1 aromatic heterocycles. The molecule has 0 unspecified atom stereocenters. The molecule has 6 nitrogen and oxygen atoms in total. The minimum absolute atomic E-state index is 0.0862. The maximum Gasteiger partial charge on any atom is 0.268 e. The zero-order chi connectivity index (χ0) is 13.4. The Balaban J connectivity index is 2.67. The molecule has 4 N–H and O–H groups in total. The van der Waals surface area contributed by atoms with Crippen molar-refractivity contribution in [2.75, 3.05) is 19.7 Å². The van der Waals surface area contributed by atoms with Crippen LogP contribution in [0.25, 0.3) is 0 Å². The highest BCUT2D eigenvalue weighted by Gasteiger charge is 2.16. The van der Waals surface area contributed by atoms with Gasteiger partial charge in [-0.2, -0.15) is 0 Å². The number of hydrazine groups is 1. The lowest BCUT2D eigenvalue weighted by Gasteiger charge is -2.20. The van der Waals surface area contributed by atoms with E-state index in [4.69, 9.17) is 15.4 Å². The van der Waals surface area contributed by atoms with Crippen molar-refractivity contribution in [2.45, 2.75) is 26.3 Å². The minimum Gasteiger partial charge on any atom is -0.467 e. The number of aliphatic hydroxyl groups is 1. The van der Waals surface area contributed by atoms with E-state index in [2.05, 4.69) is 17.2 Å². The van der Waals surface area contributed by atoms with E-state index in [-0.39, 0.29) is 12.5 Å². The lowest BCUT2D eigenvalue weighted by molar-refractivity contribution is 0.0949. The van der Waals surface area contributed by atoms with Crippen LogP contribution in [0.15, 0.2) is 16.7 Å². The quantitative estimate of drug-likeness (QED) is 0.357. The van der Waals surface area contributed by atoms with Gasteiger partial charge in [0.1, 0.15) is 5.76 Å². The number of furan rings is 1. The van der Waals surface area contributed by atoms with Gasteiger partial charge in [-0.1, -0.05) is 13.3 Å². The highest BCUT2D eigenvalue weighted by atomic mass is 16.3. The molecule has 102 valence electrons. The van der Waals surface area contributed by atoms with Crippen molar-refractivity contribution in [1.82, 2.24) is 10.3 Å². The second-order valence-corrected chi connectivity index (χ2v) is 4.08. The Bertz CT molecular complexity index is 365. The number of nitrogens with one attached hydrogen (secondary N) is 1. The molecule has 18 heavy (non-hydrogen) atoms. The first-order valence-corrected chi connectivity index (χ1v) is 6.13. The second-order valence-electron chi connectivity index (χ2n) is 4.08. The number of nitrogens with two attached hydrogens (primary N) is 1. The summed E-state index contributed by atoms with van der Waals surface area (Å²) in [6, 6.07) is 1.59. The number of carbonyl (C=O) groups excluding carboxylic acids is 1. The fourth-order valence-electron chi connectivity index (χ4n) is 1.74. The Morgan fingerprint density at radius 1 is 1.56 bits per heavy atom. The van der Waals surface area contributed by atoms with Gasteiger partial charge < -0.3 is 9.52 Å². The van der Waals surface area contributed by atoms with Crippen molar-refractivity contribution >= 4 is 5.91 Å². The van der Waals surface area contributed by atoms with Gasteiger partial charge >= 0.3 is 0 Å². The van der Waals surface area contributed by atoms with E-state index < -0.39 is 0 Å². The van der Waals surface area contributed by atoms with E-state index in [1.807, 2.05) is 0 Å². The number of amides is 1. The molecule has 0 aliphatic rings. The fraction of sp³-hybridized carbons (Fsp3) is 0.583. The van der Waals surface area contributed by atoms with Gasteiger partial charge in [0.15, 0.2) is 0 Å². The van der Waals surface area contributed by atoms with Crippen LogP contribution in [0.2, 0.25) is 0 Å². The molecule has 0 spiro atoms. The highest BCUT2D eigenvalue weighted by molar-refractivity contribution is 5.94. The zero-order valence-electron chi connectivity index (χ0n) is 10.7. The summed E-state index contributed by atoms with van der Waals surface area (Å²) in [5.74, 6) is 5.32. The van der Waals surface area contributed by atoms with E-state index in [1.165, 1.54) is 6.26 Å². The predicted octanol–water partition coefficient (Wildman–Crippen LogP) is 0.478. The van der Waals surface area contributed by atoms with Gasteiger partial charge in [-0.3, -0.25) is 15.1 Å². The van der Waals surface area contributed by atoms with E-state index in [0.29, 0.717) is 24.4 Å². The standard InChI is InChI=1S/C12H21N3O3/c1-2-3-5-15(6-7-16)9-11-10(4-8-18-11)12(17)14-13/h4,8,16H,2-3,5-7,9,13H2,1H3,(H,14,17). The lowest BCUT2D eigenvalue weighted by atomic mass is 10.2. The highest BCUT2D eigenvalue weighted by Crippen LogP contribution is 2.13. The van der Waals surface area contributed by atoms with Crippen molar-refractivity contribution in [2.24, 2.45) is 5.84 Å². The van der Waals surface area contributed by atoms with Gasteiger partial charge in [0.25, 0.3) is 5.91 Å². The summed E-state index contributed by atoms with van der Waals surface area (Å²) in [4.78, 5) is 13.5. The zero-order valence-corrected chi connectivity index (χ0v) is 10.7. The van der Waals surface area contributed by atoms with Gasteiger partial charge in [0.05, 0.1) is 25.0 Å². The van der Waals surface area contributed by atoms with Crippen LogP contribution in [-0.2, 0) is 6.54 Å².